The van der Waals surface area contributed by atoms with Crippen molar-refractivity contribution in [2.75, 3.05) is 6.61 Å². The number of unbranched alkanes of at least 4 members (excludes halogenated alkanes) is 1. The Morgan fingerprint density at radius 3 is 2.16 bits per heavy atom. The average Bonchev–Trinajstić information content (AvgIpc) is 2.25. The van der Waals surface area contributed by atoms with Gasteiger partial charge in [0.25, 0.3) is 0 Å². The van der Waals surface area contributed by atoms with Crippen LogP contribution in [0.5, 0.6) is 0 Å². The van der Waals surface area contributed by atoms with Gasteiger partial charge in [-0.25, -0.2) is 0 Å². The van der Waals surface area contributed by atoms with E-state index in [0.29, 0.717) is 12.1 Å². The molecule has 0 aliphatic carbocycles. The van der Waals surface area contributed by atoms with Crippen molar-refractivity contribution < 1.29 is 41.7 Å². The number of hydrogen-bond donors (Lipinski definition) is 0. The average molecular weight is 499 g/mol. The predicted octanol–water partition coefficient (Wildman–Crippen LogP) is 4.88. The molecular formula is C12H24ClHgO4P. The fourth-order valence-corrected chi connectivity index (χ4v) is 9.72. The van der Waals surface area contributed by atoms with Gasteiger partial charge in [-0.1, -0.05) is 0 Å². The van der Waals surface area contributed by atoms with Gasteiger partial charge in [-0.05, 0) is 0 Å². The Morgan fingerprint density at radius 1 is 1.26 bits per heavy atom. The summed E-state index contributed by atoms with van der Waals surface area (Å²) < 4.78 is 31.3. The molecule has 0 radical (unpaired) electrons. The van der Waals surface area contributed by atoms with Crippen molar-refractivity contribution in [3.63, 3.8) is 0 Å². The second-order valence-electron chi connectivity index (χ2n) is 4.70. The van der Waals surface area contributed by atoms with Gasteiger partial charge >= 0.3 is 133 Å². The van der Waals surface area contributed by atoms with Crippen molar-refractivity contribution in [2.24, 2.45) is 0 Å². The molecule has 0 N–H and O–H groups in total. The van der Waals surface area contributed by atoms with Crippen molar-refractivity contribution in [2.45, 2.75) is 59.7 Å². The van der Waals surface area contributed by atoms with Gasteiger partial charge in [0, 0.05) is 0 Å². The number of rotatable bonds is 10. The van der Waals surface area contributed by atoms with Crippen LogP contribution in [0.15, 0.2) is 9.09 Å². The molecule has 0 bridgehead atoms. The molecule has 0 fully saturated rings. The second kappa shape index (κ2) is 10.6. The molecule has 0 spiro atoms. The standard InChI is InChI=1S/C12H24O4P.ClH.Hg/c1-7-8-9-14-12(6)17(13,15-10(2)3)16-11(4)5;;/h6,10-11H,7-9H2,1-5H3;1H;/q;;+1/p-1. The number of hydrogen-bond acceptors (Lipinski definition) is 4. The maximum absolute atomic E-state index is 12.9. The van der Waals surface area contributed by atoms with Gasteiger partial charge < -0.3 is 0 Å². The third kappa shape index (κ3) is 8.72. The molecule has 0 aromatic heterocycles. The molecule has 0 aliphatic heterocycles. The van der Waals surface area contributed by atoms with Gasteiger partial charge in [-0.3, -0.25) is 0 Å². The quantitative estimate of drug-likeness (QED) is 0.186. The fraction of sp³-hybridized carbons (Fsp3) is 0.833. The van der Waals surface area contributed by atoms with Crippen LogP contribution in [0.3, 0.4) is 0 Å². The zero-order valence-electron chi connectivity index (χ0n) is 12.5. The van der Waals surface area contributed by atoms with Crippen LogP contribution in [-0.4, -0.2) is 18.8 Å². The van der Waals surface area contributed by atoms with Crippen LogP contribution in [0.25, 0.3) is 0 Å². The molecule has 0 atom stereocenters. The summed E-state index contributed by atoms with van der Waals surface area (Å²) in [4.78, 5) is 0. The zero-order chi connectivity index (χ0) is 14.9. The van der Waals surface area contributed by atoms with E-state index in [-0.39, 0.29) is 12.2 Å². The van der Waals surface area contributed by atoms with E-state index in [1.807, 2.05) is 27.7 Å². The minimum atomic E-state index is -3.39. The van der Waals surface area contributed by atoms with Gasteiger partial charge in [0.2, 0.25) is 0 Å². The minimum absolute atomic E-state index is 0.199. The van der Waals surface area contributed by atoms with Crippen LogP contribution in [0.4, 0.5) is 0 Å². The Kier molecular flexibility index (Phi) is 11.1. The molecule has 19 heavy (non-hydrogen) atoms. The molecule has 0 heterocycles. The Bertz CT molecular complexity index is 307. The van der Waals surface area contributed by atoms with Crippen molar-refractivity contribution in [3.05, 3.63) is 9.09 Å². The van der Waals surface area contributed by atoms with E-state index in [4.69, 9.17) is 22.0 Å². The molecule has 0 saturated carbocycles. The van der Waals surface area contributed by atoms with E-state index in [1.165, 1.54) is 0 Å². The van der Waals surface area contributed by atoms with Gasteiger partial charge in [0.15, 0.2) is 0 Å². The van der Waals surface area contributed by atoms with Crippen LogP contribution in [-0.2, 0) is 41.7 Å². The van der Waals surface area contributed by atoms with Gasteiger partial charge in [-0.2, -0.15) is 0 Å². The summed E-state index contributed by atoms with van der Waals surface area (Å²) in [6.45, 7) is 9.88. The summed E-state index contributed by atoms with van der Waals surface area (Å²) in [7, 11) is 2.53. The van der Waals surface area contributed by atoms with Crippen LogP contribution < -0.4 is 0 Å². The molecule has 4 nitrogen and oxygen atoms in total. The first-order valence-electron chi connectivity index (χ1n) is 6.72. The molecule has 0 aromatic rings. The molecule has 0 amide bonds. The molecule has 0 unspecified atom stereocenters. The summed E-state index contributed by atoms with van der Waals surface area (Å²) >= 11 is -1.66. The summed E-state index contributed by atoms with van der Waals surface area (Å²) in [6.07, 6.45) is 1.52. The van der Waals surface area contributed by atoms with Gasteiger partial charge in [-0.15, -0.1) is 0 Å². The van der Waals surface area contributed by atoms with Gasteiger partial charge in [0.05, 0.1) is 0 Å². The van der Waals surface area contributed by atoms with Crippen molar-refractivity contribution in [1.29, 1.82) is 0 Å². The molecule has 7 heteroatoms. The maximum atomic E-state index is 12.9. The van der Waals surface area contributed by atoms with Crippen LogP contribution in [0.1, 0.15) is 47.5 Å². The van der Waals surface area contributed by atoms with E-state index in [0.717, 1.165) is 12.8 Å². The van der Waals surface area contributed by atoms with E-state index in [1.54, 1.807) is 3.58 Å². The Labute approximate surface area is 132 Å². The van der Waals surface area contributed by atoms with E-state index < -0.39 is 30.9 Å². The van der Waals surface area contributed by atoms with E-state index >= 15 is 0 Å². The van der Waals surface area contributed by atoms with Gasteiger partial charge in [0.1, 0.15) is 0 Å². The Hall–Kier alpha value is 0.915. The van der Waals surface area contributed by atoms with Crippen molar-refractivity contribution >= 4 is 15.8 Å². The second-order valence-corrected chi connectivity index (χ2v) is 12.1. The summed E-state index contributed by atoms with van der Waals surface area (Å²) in [6, 6.07) is 0. The first kappa shape index (κ1) is 19.9. The van der Waals surface area contributed by atoms with E-state index in [2.05, 4.69) is 6.92 Å². The molecule has 0 aromatic carbocycles. The van der Waals surface area contributed by atoms with E-state index in [9.17, 15) is 4.57 Å². The van der Waals surface area contributed by atoms with Crippen molar-refractivity contribution in [3.8, 4) is 0 Å². The number of halogens is 1. The molecule has 0 rings (SSSR count). The predicted molar refractivity (Wildman–Crippen MR) is 74.8 cm³/mol. The molecular weight excluding hydrogens is 475 g/mol. The summed E-state index contributed by atoms with van der Waals surface area (Å²) in [5, 5.41) is 0. The normalized spacial score (nSPS) is 12.9. The SMILES string of the molecule is CCCCOC(=[CH][Hg][Cl])P(=O)(OC(C)C)OC(C)C. The molecule has 110 valence electrons. The van der Waals surface area contributed by atoms with Crippen LogP contribution in [0.2, 0.25) is 0 Å². The van der Waals surface area contributed by atoms with Crippen LogP contribution >= 0.6 is 15.8 Å². The summed E-state index contributed by atoms with van der Waals surface area (Å²) in [5.41, 5.74) is 0.319. The summed E-state index contributed by atoms with van der Waals surface area (Å²) in [5.74, 6) is 0. The zero-order valence-corrected chi connectivity index (χ0v) is 19.7. The number of ether oxygens (including phenoxy) is 1. The Balaban J connectivity index is 5.02. The molecule has 0 aliphatic rings. The molecule has 0 saturated heterocycles. The topological polar surface area (TPSA) is 44.8 Å². The monoisotopic (exact) mass is 500 g/mol. The first-order chi connectivity index (χ1) is 8.85. The third-order valence-corrected chi connectivity index (χ3v) is 8.95. The van der Waals surface area contributed by atoms with Crippen molar-refractivity contribution in [1.82, 2.24) is 0 Å². The van der Waals surface area contributed by atoms with Crippen LogP contribution in [0, 0.1) is 0 Å². The Morgan fingerprint density at radius 2 is 1.79 bits per heavy atom. The fourth-order valence-electron chi connectivity index (χ4n) is 1.32. The third-order valence-electron chi connectivity index (χ3n) is 1.97. The first-order valence-corrected chi connectivity index (χ1v) is 18.2.